The summed E-state index contributed by atoms with van der Waals surface area (Å²) in [6.45, 7) is 9.73. The highest BCUT2D eigenvalue weighted by Gasteiger charge is 2.36. The molecule has 1 aromatic carbocycles. The number of aromatic nitrogens is 1. The van der Waals surface area contributed by atoms with Crippen LogP contribution < -0.4 is 0 Å². The number of hydrogen-bond donors (Lipinski definition) is 1. The molecule has 1 amide bonds. The number of nitrogens with one attached hydrogen (secondary N) is 1. The average Bonchev–Trinajstić information content (AvgIpc) is 3.76. The van der Waals surface area contributed by atoms with Gasteiger partial charge in [-0.2, -0.15) is 0 Å². The fraction of sp³-hybridized carbons (Fsp3) is 0.577. The molecule has 0 radical (unpaired) electrons. The highest BCUT2D eigenvalue weighted by atomic mass is 16.6. The zero-order valence-electron chi connectivity index (χ0n) is 19.9. The fourth-order valence-corrected chi connectivity index (χ4v) is 5.03. The smallest absolute Gasteiger partial charge is 0.230 e. The summed E-state index contributed by atoms with van der Waals surface area (Å²) in [5.41, 5.74) is 5.21. The van der Waals surface area contributed by atoms with Crippen LogP contribution in [0.5, 0.6) is 0 Å². The second kappa shape index (κ2) is 9.58. The van der Waals surface area contributed by atoms with Crippen molar-refractivity contribution in [3.05, 3.63) is 41.6 Å². The molecule has 1 aromatic heterocycles. The number of hydrogen-bond acceptors (Lipinski definition) is 5. The highest BCUT2D eigenvalue weighted by molar-refractivity contribution is 5.99. The van der Waals surface area contributed by atoms with Gasteiger partial charge in [0.2, 0.25) is 5.91 Å². The van der Waals surface area contributed by atoms with Crippen LogP contribution in [0.4, 0.5) is 0 Å². The average molecular weight is 454 g/mol. The minimum absolute atomic E-state index is 0.0445. The molecular weight excluding hydrogens is 418 g/mol. The van der Waals surface area contributed by atoms with Crippen molar-refractivity contribution >= 4 is 22.4 Å². The number of fused-ring (bicyclic) bond motifs is 2. The Bertz CT molecular complexity index is 1010. The van der Waals surface area contributed by atoms with E-state index in [9.17, 15) is 4.79 Å². The van der Waals surface area contributed by atoms with E-state index in [4.69, 9.17) is 14.2 Å². The monoisotopic (exact) mass is 453 g/mol. The van der Waals surface area contributed by atoms with Crippen LogP contribution >= 0.6 is 0 Å². The number of epoxide rings is 2. The predicted octanol–water partition coefficient (Wildman–Crippen LogP) is 2.71. The molecular formula is C26H35N3O4. The number of rotatable bonds is 7. The molecule has 2 fully saturated rings. The minimum Gasteiger partial charge on any atom is -0.376 e. The van der Waals surface area contributed by atoms with Crippen molar-refractivity contribution in [1.29, 1.82) is 0 Å². The molecule has 2 aromatic rings. The molecule has 0 spiro atoms. The van der Waals surface area contributed by atoms with Gasteiger partial charge in [-0.05, 0) is 50.1 Å². The Labute approximate surface area is 195 Å². The fourth-order valence-electron chi connectivity index (χ4n) is 5.03. The van der Waals surface area contributed by atoms with Gasteiger partial charge in [0, 0.05) is 42.8 Å². The van der Waals surface area contributed by atoms with Crippen molar-refractivity contribution in [3.63, 3.8) is 0 Å². The number of aromatic amines is 1. The molecule has 7 nitrogen and oxygen atoms in total. The first kappa shape index (κ1) is 22.6. The second-order valence-electron chi connectivity index (χ2n) is 9.39. The molecule has 3 aliphatic heterocycles. The quantitative estimate of drug-likeness (QED) is 0.653. The largest absolute Gasteiger partial charge is 0.376 e. The molecule has 178 valence electrons. The van der Waals surface area contributed by atoms with Crippen LogP contribution in [0.15, 0.2) is 30.5 Å². The molecule has 2 saturated heterocycles. The van der Waals surface area contributed by atoms with E-state index in [-0.39, 0.29) is 11.8 Å². The number of amides is 1. The number of ether oxygens (including phenoxy) is 3. The topological polar surface area (TPSA) is 73.6 Å². The zero-order valence-corrected chi connectivity index (χ0v) is 19.9. The lowest BCUT2D eigenvalue weighted by Gasteiger charge is -2.40. The van der Waals surface area contributed by atoms with E-state index >= 15 is 0 Å². The Morgan fingerprint density at radius 1 is 1.18 bits per heavy atom. The third kappa shape index (κ3) is 4.87. The van der Waals surface area contributed by atoms with Crippen LogP contribution in [0.1, 0.15) is 25.0 Å². The standard InChI is InChI=1S/C20H25N3O.C6H10O3/c1-4-23(5-2)20(24)14-9-16-15-7-6-8-17-19(15)13(11-21-17)10-18(16)22(3)12-14;1(5-3-8-5)7-2-6-4-9-6/h6-9,11,14,18,21H,4-5,10,12H2,1-3H3;5-6H,1-4H2/t14-,18-;/m1./s1. The summed E-state index contributed by atoms with van der Waals surface area (Å²) in [6.07, 6.45) is 6.19. The van der Waals surface area contributed by atoms with Crippen LogP contribution in [-0.2, 0) is 25.4 Å². The number of nitrogens with zero attached hydrogens (tertiary/aromatic N) is 2. The molecule has 0 bridgehead atoms. The van der Waals surface area contributed by atoms with E-state index < -0.39 is 0 Å². The normalized spacial score (nSPS) is 27.3. The molecule has 1 N–H and O–H groups in total. The third-order valence-corrected chi connectivity index (χ3v) is 7.07. The number of likely N-dealkylation sites (N-methyl/N-ethyl adjacent to an activating group) is 1. The van der Waals surface area contributed by atoms with E-state index in [2.05, 4.69) is 61.3 Å². The molecule has 0 saturated carbocycles. The SMILES string of the molecule is C(OCC1CO1)C1CO1.CCN(CC)C(=O)[C@@H]1C=C2c3cccc4[nH]cc(c34)C[C@H]2N(C)C1. The van der Waals surface area contributed by atoms with Gasteiger partial charge in [-0.15, -0.1) is 0 Å². The first-order valence-corrected chi connectivity index (χ1v) is 12.2. The van der Waals surface area contributed by atoms with Gasteiger partial charge in [0.25, 0.3) is 0 Å². The lowest BCUT2D eigenvalue weighted by molar-refractivity contribution is -0.134. The predicted molar refractivity (Wildman–Crippen MR) is 128 cm³/mol. The van der Waals surface area contributed by atoms with E-state index in [0.29, 0.717) is 18.2 Å². The maximum atomic E-state index is 12.9. The first-order chi connectivity index (χ1) is 16.1. The molecule has 4 atom stereocenters. The van der Waals surface area contributed by atoms with Crippen LogP contribution in [0.25, 0.3) is 16.5 Å². The van der Waals surface area contributed by atoms with Crippen LogP contribution in [0, 0.1) is 5.92 Å². The Kier molecular flexibility index (Phi) is 6.56. The summed E-state index contributed by atoms with van der Waals surface area (Å²) < 4.78 is 15.1. The maximum Gasteiger partial charge on any atom is 0.230 e. The molecule has 6 rings (SSSR count). The van der Waals surface area contributed by atoms with E-state index in [0.717, 1.165) is 52.5 Å². The Morgan fingerprint density at radius 3 is 2.52 bits per heavy atom. The number of H-pyrrole nitrogens is 1. The van der Waals surface area contributed by atoms with Crippen molar-refractivity contribution in [1.82, 2.24) is 14.8 Å². The zero-order chi connectivity index (χ0) is 22.9. The molecule has 4 heterocycles. The van der Waals surface area contributed by atoms with Crippen LogP contribution in [0.3, 0.4) is 0 Å². The Balaban J connectivity index is 0.000000211. The van der Waals surface area contributed by atoms with Gasteiger partial charge in [-0.25, -0.2) is 0 Å². The molecule has 4 aliphatic rings. The van der Waals surface area contributed by atoms with Crippen molar-refractivity contribution in [2.75, 3.05) is 53.1 Å². The summed E-state index contributed by atoms with van der Waals surface area (Å²) in [5.74, 6) is 0.210. The van der Waals surface area contributed by atoms with Gasteiger partial charge < -0.3 is 24.1 Å². The van der Waals surface area contributed by atoms with Crippen LogP contribution in [0.2, 0.25) is 0 Å². The van der Waals surface area contributed by atoms with Crippen molar-refractivity contribution in [2.45, 2.75) is 38.5 Å². The number of benzene rings is 1. The molecule has 2 unspecified atom stereocenters. The maximum absolute atomic E-state index is 12.9. The summed E-state index contributed by atoms with van der Waals surface area (Å²) in [4.78, 5) is 20.6. The van der Waals surface area contributed by atoms with Crippen LogP contribution in [-0.4, -0.2) is 92.1 Å². The second-order valence-corrected chi connectivity index (χ2v) is 9.39. The van der Waals surface area contributed by atoms with Gasteiger partial charge in [-0.3, -0.25) is 9.69 Å². The van der Waals surface area contributed by atoms with Crippen molar-refractivity contribution < 1.29 is 19.0 Å². The summed E-state index contributed by atoms with van der Waals surface area (Å²) in [5, 5.41) is 1.34. The lowest BCUT2D eigenvalue weighted by Crippen LogP contribution is -2.47. The lowest BCUT2D eigenvalue weighted by atomic mass is 9.79. The molecule has 1 aliphatic carbocycles. The minimum atomic E-state index is -0.0445. The van der Waals surface area contributed by atoms with E-state index in [1.165, 1.54) is 27.6 Å². The van der Waals surface area contributed by atoms with E-state index in [1.54, 1.807) is 0 Å². The van der Waals surface area contributed by atoms with Gasteiger partial charge in [0.1, 0.15) is 12.2 Å². The molecule has 33 heavy (non-hydrogen) atoms. The van der Waals surface area contributed by atoms with Crippen molar-refractivity contribution in [2.24, 2.45) is 5.92 Å². The van der Waals surface area contributed by atoms with Gasteiger partial charge in [-0.1, -0.05) is 18.2 Å². The number of carbonyl (C=O) groups is 1. The van der Waals surface area contributed by atoms with Gasteiger partial charge in [0.05, 0.1) is 32.3 Å². The van der Waals surface area contributed by atoms with Crippen molar-refractivity contribution in [3.8, 4) is 0 Å². The van der Waals surface area contributed by atoms with Gasteiger partial charge in [0.15, 0.2) is 0 Å². The highest BCUT2D eigenvalue weighted by Crippen LogP contribution is 2.40. The van der Waals surface area contributed by atoms with E-state index in [1.807, 2.05) is 4.90 Å². The summed E-state index contributed by atoms with van der Waals surface area (Å²) in [7, 11) is 2.15. The number of carbonyl (C=O) groups excluding carboxylic acids is 1. The molecule has 7 heteroatoms. The first-order valence-electron chi connectivity index (χ1n) is 12.2. The third-order valence-electron chi connectivity index (χ3n) is 7.07. The summed E-state index contributed by atoms with van der Waals surface area (Å²) >= 11 is 0. The summed E-state index contributed by atoms with van der Waals surface area (Å²) in [6, 6.07) is 6.82. The van der Waals surface area contributed by atoms with Gasteiger partial charge >= 0.3 is 0 Å². The Hall–Kier alpha value is -2.19. The Morgan fingerprint density at radius 2 is 1.88 bits per heavy atom.